The average molecular weight is 163 g/mol. The molecule has 3 N–H and O–H groups in total. The summed E-state index contributed by atoms with van der Waals surface area (Å²) in [7, 11) is 0. The number of nitrogen functional groups attached to an aromatic ring is 1. The first-order valence-corrected chi connectivity index (χ1v) is 2.86. The number of alkyl halides is 2. The second kappa shape index (κ2) is 2.73. The molecule has 0 amide bonds. The van der Waals surface area contributed by atoms with E-state index in [1.807, 2.05) is 0 Å². The maximum absolute atomic E-state index is 11.6. The normalized spacial score (nSPS) is 10.5. The molecule has 0 fully saturated rings. The van der Waals surface area contributed by atoms with E-state index < -0.39 is 6.61 Å². The van der Waals surface area contributed by atoms with Gasteiger partial charge >= 0.3 is 6.61 Å². The lowest BCUT2D eigenvalue weighted by atomic mass is 10.4. The maximum Gasteiger partial charge on any atom is 0.388 e. The van der Waals surface area contributed by atoms with Crippen molar-refractivity contribution in [1.29, 1.82) is 0 Å². The molecule has 1 aromatic rings. The van der Waals surface area contributed by atoms with Crippen LogP contribution in [0.4, 0.5) is 14.6 Å². The lowest BCUT2D eigenvalue weighted by Crippen LogP contribution is -2.03. The highest BCUT2D eigenvalue weighted by Crippen LogP contribution is 2.20. The number of aromatic nitrogens is 2. The quantitative estimate of drug-likeness (QED) is 0.680. The lowest BCUT2D eigenvalue weighted by Gasteiger charge is -1.99. The first-order chi connectivity index (χ1) is 5.11. The van der Waals surface area contributed by atoms with E-state index >= 15 is 0 Å². The number of aromatic amines is 1. The summed E-state index contributed by atoms with van der Waals surface area (Å²) in [5, 5.41) is 5.71. The van der Waals surface area contributed by atoms with Gasteiger partial charge in [0.25, 0.3) is 0 Å². The second-order valence-corrected chi connectivity index (χ2v) is 1.95. The van der Waals surface area contributed by atoms with Crippen molar-refractivity contribution in [2.75, 3.05) is 5.73 Å². The van der Waals surface area contributed by atoms with Gasteiger partial charge in [-0.2, -0.15) is 8.78 Å². The zero-order valence-corrected chi connectivity index (χ0v) is 5.77. The van der Waals surface area contributed by atoms with E-state index in [9.17, 15) is 8.78 Å². The molecule has 0 unspecified atom stereocenters. The Hall–Kier alpha value is -1.33. The highest BCUT2D eigenvalue weighted by atomic mass is 19.3. The van der Waals surface area contributed by atoms with Gasteiger partial charge in [-0.15, -0.1) is 5.10 Å². The summed E-state index contributed by atoms with van der Waals surface area (Å²) in [5.41, 5.74) is 5.67. The van der Waals surface area contributed by atoms with Gasteiger partial charge in [-0.25, -0.2) is 0 Å². The number of anilines is 1. The van der Waals surface area contributed by atoms with Crippen molar-refractivity contribution in [3.8, 4) is 5.88 Å². The minimum Gasteiger partial charge on any atom is -0.415 e. The van der Waals surface area contributed by atoms with Gasteiger partial charge in [0.1, 0.15) is 5.82 Å². The molecule has 0 aliphatic carbocycles. The number of nitrogens with zero attached hydrogens (tertiary/aromatic N) is 1. The van der Waals surface area contributed by atoms with E-state index in [0.29, 0.717) is 5.56 Å². The molecule has 0 radical (unpaired) electrons. The van der Waals surface area contributed by atoms with Crippen LogP contribution in [0.2, 0.25) is 0 Å². The van der Waals surface area contributed by atoms with Gasteiger partial charge in [0.2, 0.25) is 5.88 Å². The maximum atomic E-state index is 11.6. The molecule has 1 rings (SSSR count). The lowest BCUT2D eigenvalue weighted by molar-refractivity contribution is -0.0533. The van der Waals surface area contributed by atoms with Crippen molar-refractivity contribution in [3.63, 3.8) is 0 Å². The summed E-state index contributed by atoms with van der Waals surface area (Å²) >= 11 is 0. The van der Waals surface area contributed by atoms with E-state index in [-0.39, 0.29) is 11.7 Å². The Kier molecular flexibility index (Phi) is 1.93. The zero-order chi connectivity index (χ0) is 8.43. The van der Waals surface area contributed by atoms with Crippen LogP contribution >= 0.6 is 0 Å². The third-order valence-corrected chi connectivity index (χ3v) is 1.20. The smallest absolute Gasteiger partial charge is 0.388 e. The predicted molar refractivity (Wildman–Crippen MR) is 34.4 cm³/mol. The first kappa shape index (κ1) is 7.77. The van der Waals surface area contributed by atoms with Gasteiger partial charge in [0, 0.05) is 0 Å². The van der Waals surface area contributed by atoms with Crippen LogP contribution in [0.1, 0.15) is 5.56 Å². The summed E-state index contributed by atoms with van der Waals surface area (Å²) in [4.78, 5) is 0. The number of rotatable bonds is 2. The molecule has 1 aromatic heterocycles. The Balaban J connectivity index is 2.79. The van der Waals surface area contributed by atoms with Crippen molar-refractivity contribution in [2.24, 2.45) is 0 Å². The highest BCUT2D eigenvalue weighted by molar-refractivity contribution is 5.43. The summed E-state index contributed by atoms with van der Waals surface area (Å²) in [6, 6.07) is 0. The summed E-state index contributed by atoms with van der Waals surface area (Å²) < 4.78 is 27.2. The summed E-state index contributed by atoms with van der Waals surface area (Å²) in [6.07, 6.45) is 0. The Morgan fingerprint density at radius 3 is 2.64 bits per heavy atom. The SMILES string of the molecule is Cc1c(OC(F)F)n[nH]c1N. The van der Waals surface area contributed by atoms with E-state index in [1.54, 1.807) is 0 Å². The van der Waals surface area contributed by atoms with Crippen LogP contribution in [0.25, 0.3) is 0 Å². The molecule has 0 aliphatic heterocycles. The fraction of sp³-hybridized carbons (Fsp3) is 0.400. The van der Waals surface area contributed by atoms with Crippen molar-refractivity contribution in [1.82, 2.24) is 10.2 Å². The third kappa shape index (κ3) is 1.57. The van der Waals surface area contributed by atoms with Gasteiger partial charge in [0.15, 0.2) is 0 Å². The first-order valence-electron chi connectivity index (χ1n) is 2.86. The van der Waals surface area contributed by atoms with Crippen molar-refractivity contribution in [2.45, 2.75) is 13.5 Å². The van der Waals surface area contributed by atoms with Crippen LogP contribution < -0.4 is 10.5 Å². The van der Waals surface area contributed by atoms with Crippen molar-refractivity contribution >= 4 is 5.82 Å². The number of hydrogen-bond acceptors (Lipinski definition) is 3. The number of nitrogens with one attached hydrogen (secondary N) is 1. The van der Waals surface area contributed by atoms with Crippen LogP contribution in [-0.2, 0) is 0 Å². The molecule has 0 saturated carbocycles. The molecule has 11 heavy (non-hydrogen) atoms. The minimum absolute atomic E-state index is 0.155. The Bertz CT molecular complexity index is 248. The fourth-order valence-corrected chi connectivity index (χ4v) is 0.593. The van der Waals surface area contributed by atoms with Crippen LogP contribution in [-0.4, -0.2) is 16.8 Å². The van der Waals surface area contributed by atoms with Gasteiger partial charge in [-0.3, -0.25) is 5.10 Å². The van der Waals surface area contributed by atoms with Crippen LogP contribution in [0.15, 0.2) is 0 Å². The second-order valence-electron chi connectivity index (χ2n) is 1.95. The van der Waals surface area contributed by atoms with Crippen LogP contribution in [0.3, 0.4) is 0 Å². The molecule has 0 bridgehead atoms. The monoisotopic (exact) mass is 163 g/mol. The number of hydrogen-bond donors (Lipinski definition) is 2. The molecule has 4 nitrogen and oxygen atoms in total. The van der Waals surface area contributed by atoms with Crippen LogP contribution in [0.5, 0.6) is 5.88 Å². The van der Waals surface area contributed by atoms with Gasteiger partial charge < -0.3 is 10.5 Å². The van der Waals surface area contributed by atoms with E-state index in [1.165, 1.54) is 6.92 Å². The average Bonchev–Trinajstić information content (AvgIpc) is 2.18. The Morgan fingerprint density at radius 2 is 2.27 bits per heavy atom. The van der Waals surface area contributed by atoms with Crippen LogP contribution in [0, 0.1) is 6.92 Å². The van der Waals surface area contributed by atoms with E-state index in [0.717, 1.165) is 0 Å². The molecule has 0 aromatic carbocycles. The number of H-pyrrole nitrogens is 1. The molecule has 6 heteroatoms. The molecule has 0 saturated heterocycles. The van der Waals surface area contributed by atoms with Gasteiger partial charge in [0.05, 0.1) is 5.56 Å². The molecule has 0 spiro atoms. The Labute approximate surface area is 61.3 Å². The zero-order valence-electron chi connectivity index (χ0n) is 5.77. The molecule has 0 atom stereocenters. The molecule has 1 heterocycles. The van der Waals surface area contributed by atoms with Crippen molar-refractivity contribution in [3.05, 3.63) is 5.56 Å². The van der Waals surface area contributed by atoms with Crippen molar-refractivity contribution < 1.29 is 13.5 Å². The van der Waals surface area contributed by atoms with E-state index in [4.69, 9.17) is 5.73 Å². The molecule has 0 aliphatic rings. The summed E-state index contributed by atoms with van der Waals surface area (Å²) in [5.74, 6) is 0.0816. The number of nitrogens with two attached hydrogens (primary N) is 1. The molecule has 62 valence electrons. The standard InChI is InChI=1S/C5H7F2N3O/c1-2-3(8)9-10-4(2)11-5(6)7/h5H,1H3,(H3,8,9,10). The molecular formula is C5H7F2N3O. The highest BCUT2D eigenvalue weighted by Gasteiger charge is 2.11. The number of ether oxygens (including phenoxy) is 1. The predicted octanol–water partition coefficient (Wildman–Crippen LogP) is 0.902. The largest absolute Gasteiger partial charge is 0.415 e. The third-order valence-electron chi connectivity index (χ3n) is 1.20. The summed E-state index contributed by atoms with van der Waals surface area (Å²) in [6.45, 7) is -1.33. The van der Waals surface area contributed by atoms with Gasteiger partial charge in [-0.1, -0.05) is 0 Å². The van der Waals surface area contributed by atoms with Gasteiger partial charge in [-0.05, 0) is 6.92 Å². The topological polar surface area (TPSA) is 63.9 Å². The number of halogens is 2. The Morgan fingerprint density at radius 1 is 1.64 bits per heavy atom. The fourth-order valence-electron chi connectivity index (χ4n) is 0.593. The minimum atomic E-state index is -2.86. The van der Waals surface area contributed by atoms with E-state index in [2.05, 4.69) is 14.9 Å². The molecular weight excluding hydrogens is 156 g/mol.